The third-order valence-electron chi connectivity index (χ3n) is 3.27. The van der Waals surface area contributed by atoms with Crippen LogP contribution < -0.4 is 5.32 Å². The normalized spacial score (nSPS) is 22.7. The van der Waals surface area contributed by atoms with Crippen LogP contribution in [-0.4, -0.2) is 23.0 Å². The molecule has 0 bridgehead atoms. The zero-order valence-corrected chi connectivity index (χ0v) is 11.9. The van der Waals surface area contributed by atoms with Gasteiger partial charge in [0.2, 0.25) is 0 Å². The second-order valence-electron chi connectivity index (χ2n) is 4.44. The second-order valence-corrected chi connectivity index (χ2v) is 5.60. The summed E-state index contributed by atoms with van der Waals surface area (Å²) < 4.78 is 0.873. The van der Waals surface area contributed by atoms with Gasteiger partial charge in [0.1, 0.15) is 0 Å². The smallest absolute Gasteiger partial charge is 0.308 e. The monoisotopic (exact) mass is 359 g/mol. The van der Waals surface area contributed by atoms with Crippen molar-refractivity contribution in [3.8, 4) is 0 Å². The minimum absolute atomic E-state index is 0.182. The van der Waals surface area contributed by atoms with E-state index in [0.717, 1.165) is 16.4 Å². The van der Waals surface area contributed by atoms with E-state index >= 15 is 0 Å². The van der Waals surface area contributed by atoms with E-state index in [1.54, 1.807) is 12.1 Å². The van der Waals surface area contributed by atoms with E-state index in [9.17, 15) is 9.59 Å². The van der Waals surface area contributed by atoms with Crippen molar-refractivity contribution in [2.24, 2.45) is 5.92 Å². The highest BCUT2D eigenvalue weighted by Crippen LogP contribution is 2.26. The molecule has 0 saturated heterocycles. The van der Waals surface area contributed by atoms with Crippen molar-refractivity contribution in [1.29, 1.82) is 0 Å². The fourth-order valence-corrected chi connectivity index (χ4v) is 2.95. The van der Waals surface area contributed by atoms with E-state index < -0.39 is 11.9 Å². The topological polar surface area (TPSA) is 66.4 Å². The summed E-state index contributed by atoms with van der Waals surface area (Å²) in [6, 6.07) is 7.04. The third kappa shape index (κ3) is 2.82. The summed E-state index contributed by atoms with van der Waals surface area (Å²) in [5.74, 6) is -1.45. The van der Waals surface area contributed by atoms with Crippen molar-refractivity contribution < 1.29 is 14.7 Å². The number of benzene rings is 1. The van der Waals surface area contributed by atoms with Crippen LogP contribution in [-0.2, 0) is 4.79 Å². The van der Waals surface area contributed by atoms with Gasteiger partial charge in [0.25, 0.3) is 5.91 Å². The lowest BCUT2D eigenvalue weighted by atomic mass is 10.0. The molecule has 96 valence electrons. The van der Waals surface area contributed by atoms with Crippen molar-refractivity contribution in [2.45, 2.75) is 25.3 Å². The SMILES string of the molecule is O=C(N[C@H]1CCC[C@H]1C(=O)O)c1ccccc1I. The number of carboxylic acid groups (broad SMARTS) is 1. The van der Waals surface area contributed by atoms with Gasteiger partial charge in [-0.2, -0.15) is 0 Å². The number of carboxylic acids is 1. The molecule has 0 aromatic heterocycles. The molecule has 0 radical (unpaired) electrons. The fourth-order valence-electron chi connectivity index (χ4n) is 2.32. The maximum absolute atomic E-state index is 12.1. The predicted octanol–water partition coefficient (Wildman–Crippen LogP) is 2.27. The van der Waals surface area contributed by atoms with Crippen molar-refractivity contribution >= 4 is 34.5 Å². The van der Waals surface area contributed by atoms with E-state index in [0.29, 0.717) is 12.0 Å². The highest BCUT2D eigenvalue weighted by atomic mass is 127. The highest BCUT2D eigenvalue weighted by Gasteiger charge is 2.34. The summed E-state index contributed by atoms with van der Waals surface area (Å²) in [5.41, 5.74) is 0.606. The lowest BCUT2D eigenvalue weighted by Crippen LogP contribution is -2.40. The Kier molecular flexibility index (Phi) is 4.21. The molecule has 1 aliphatic rings. The van der Waals surface area contributed by atoms with Crippen molar-refractivity contribution in [3.05, 3.63) is 33.4 Å². The minimum Gasteiger partial charge on any atom is -0.481 e. The van der Waals surface area contributed by atoms with Crippen LogP contribution in [0, 0.1) is 9.49 Å². The summed E-state index contributed by atoms with van der Waals surface area (Å²) in [6.45, 7) is 0. The zero-order valence-electron chi connectivity index (χ0n) is 9.73. The molecule has 1 amide bonds. The average Bonchev–Trinajstić information content (AvgIpc) is 2.77. The molecule has 0 spiro atoms. The van der Waals surface area contributed by atoms with Gasteiger partial charge in [-0.3, -0.25) is 9.59 Å². The first-order chi connectivity index (χ1) is 8.59. The van der Waals surface area contributed by atoms with Crippen molar-refractivity contribution in [1.82, 2.24) is 5.32 Å². The van der Waals surface area contributed by atoms with Crippen LogP contribution >= 0.6 is 22.6 Å². The lowest BCUT2D eigenvalue weighted by Gasteiger charge is -2.17. The van der Waals surface area contributed by atoms with Gasteiger partial charge in [-0.25, -0.2) is 0 Å². The second kappa shape index (κ2) is 5.69. The first-order valence-electron chi connectivity index (χ1n) is 5.88. The molecule has 1 aromatic carbocycles. The Bertz CT molecular complexity index is 475. The first-order valence-corrected chi connectivity index (χ1v) is 6.95. The van der Waals surface area contributed by atoms with E-state index in [1.165, 1.54) is 0 Å². The number of nitrogens with one attached hydrogen (secondary N) is 1. The number of carbonyl (C=O) groups is 2. The Labute approximate surface area is 119 Å². The molecule has 1 aromatic rings. The molecule has 18 heavy (non-hydrogen) atoms. The van der Waals surface area contributed by atoms with Crippen LogP contribution in [0.4, 0.5) is 0 Å². The quantitative estimate of drug-likeness (QED) is 0.814. The molecule has 4 nitrogen and oxygen atoms in total. The minimum atomic E-state index is -0.819. The average molecular weight is 359 g/mol. The van der Waals surface area contributed by atoms with Gasteiger partial charge in [-0.1, -0.05) is 18.6 Å². The highest BCUT2D eigenvalue weighted by molar-refractivity contribution is 14.1. The molecule has 5 heteroatoms. The molecule has 0 heterocycles. The van der Waals surface area contributed by atoms with E-state index in [1.807, 2.05) is 12.1 Å². The van der Waals surface area contributed by atoms with Gasteiger partial charge in [0.05, 0.1) is 11.5 Å². The van der Waals surface area contributed by atoms with Crippen LogP contribution in [0.3, 0.4) is 0 Å². The molecule has 1 saturated carbocycles. The van der Waals surface area contributed by atoms with E-state index in [2.05, 4.69) is 27.9 Å². The van der Waals surface area contributed by atoms with Crippen LogP contribution in [0.15, 0.2) is 24.3 Å². The number of aliphatic carboxylic acids is 1. The number of hydrogen-bond donors (Lipinski definition) is 2. The number of rotatable bonds is 3. The lowest BCUT2D eigenvalue weighted by molar-refractivity contribution is -0.142. The molecule has 0 unspecified atom stereocenters. The maximum atomic E-state index is 12.1. The summed E-state index contributed by atoms with van der Waals surface area (Å²) in [6.07, 6.45) is 2.24. The van der Waals surface area contributed by atoms with Crippen molar-refractivity contribution in [2.75, 3.05) is 0 Å². The molecular formula is C13H14INO3. The van der Waals surface area contributed by atoms with Gasteiger partial charge in [-0.15, -0.1) is 0 Å². The Morgan fingerprint density at radius 3 is 2.67 bits per heavy atom. The molecule has 1 aliphatic carbocycles. The molecular weight excluding hydrogens is 345 g/mol. The largest absolute Gasteiger partial charge is 0.481 e. The van der Waals surface area contributed by atoms with Crippen molar-refractivity contribution in [3.63, 3.8) is 0 Å². The standard InChI is InChI=1S/C13H14INO3/c14-10-6-2-1-4-8(10)12(16)15-11-7-3-5-9(11)13(17)18/h1-2,4,6,9,11H,3,5,7H2,(H,15,16)(H,17,18)/t9-,11+/m1/s1. The maximum Gasteiger partial charge on any atom is 0.308 e. The first kappa shape index (κ1) is 13.3. The molecule has 2 atom stereocenters. The third-order valence-corrected chi connectivity index (χ3v) is 4.21. The Morgan fingerprint density at radius 2 is 2.00 bits per heavy atom. The van der Waals surface area contributed by atoms with Gasteiger partial charge < -0.3 is 10.4 Å². The summed E-state index contributed by atoms with van der Waals surface area (Å²) in [7, 11) is 0. The van der Waals surface area contributed by atoms with Crippen LogP contribution in [0.25, 0.3) is 0 Å². The van der Waals surface area contributed by atoms with Gasteiger partial charge >= 0.3 is 5.97 Å². The predicted molar refractivity (Wildman–Crippen MR) is 75.4 cm³/mol. The van der Waals surface area contributed by atoms with Gasteiger partial charge in [0, 0.05) is 9.61 Å². The number of amides is 1. The number of hydrogen-bond acceptors (Lipinski definition) is 2. The Morgan fingerprint density at radius 1 is 1.28 bits per heavy atom. The molecule has 1 fully saturated rings. The Balaban J connectivity index is 2.08. The summed E-state index contributed by atoms with van der Waals surface area (Å²) >= 11 is 2.10. The number of carbonyl (C=O) groups excluding carboxylic acids is 1. The Hall–Kier alpha value is -1.11. The van der Waals surface area contributed by atoms with Gasteiger partial charge in [-0.05, 0) is 47.6 Å². The van der Waals surface area contributed by atoms with Crippen LogP contribution in [0.5, 0.6) is 0 Å². The van der Waals surface area contributed by atoms with Gasteiger partial charge in [0.15, 0.2) is 0 Å². The molecule has 2 N–H and O–H groups in total. The summed E-state index contributed by atoms with van der Waals surface area (Å²) in [4.78, 5) is 23.1. The van der Waals surface area contributed by atoms with E-state index in [-0.39, 0.29) is 11.9 Å². The summed E-state index contributed by atoms with van der Waals surface area (Å²) in [5, 5.41) is 11.9. The zero-order chi connectivity index (χ0) is 13.1. The fraction of sp³-hybridized carbons (Fsp3) is 0.385. The number of halogens is 1. The van der Waals surface area contributed by atoms with Crippen LogP contribution in [0.2, 0.25) is 0 Å². The van der Waals surface area contributed by atoms with Crippen LogP contribution in [0.1, 0.15) is 29.6 Å². The molecule has 0 aliphatic heterocycles. The molecule has 2 rings (SSSR count). The van der Waals surface area contributed by atoms with E-state index in [4.69, 9.17) is 5.11 Å².